The highest BCUT2D eigenvalue weighted by Gasteiger charge is 2.39. The van der Waals surface area contributed by atoms with Crippen molar-refractivity contribution < 1.29 is 19.4 Å². The highest BCUT2D eigenvalue weighted by molar-refractivity contribution is 6.30. The van der Waals surface area contributed by atoms with E-state index in [4.69, 9.17) is 21.1 Å². The van der Waals surface area contributed by atoms with E-state index in [0.717, 1.165) is 19.3 Å². The van der Waals surface area contributed by atoms with Crippen LogP contribution in [0.25, 0.3) is 0 Å². The van der Waals surface area contributed by atoms with Gasteiger partial charge in [-0.2, -0.15) is 0 Å². The van der Waals surface area contributed by atoms with Crippen LogP contribution in [0, 0.1) is 5.92 Å². The summed E-state index contributed by atoms with van der Waals surface area (Å²) >= 11 is 5.91. The zero-order valence-electron chi connectivity index (χ0n) is 13.0. The van der Waals surface area contributed by atoms with Crippen LogP contribution in [0.1, 0.15) is 19.3 Å². The van der Waals surface area contributed by atoms with E-state index in [9.17, 15) is 9.90 Å². The van der Waals surface area contributed by atoms with Crippen LogP contribution >= 0.6 is 11.6 Å². The van der Waals surface area contributed by atoms with Gasteiger partial charge in [-0.05, 0) is 31.0 Å². The number of carbonyl (C=O) groups is 1. The number of halogens is 1. The van der Waals surface area contributed by atoms with Gasteiger partial charge in [0.1, 0.15) is 5.75 Å². The molecule has 3 atom stereocenters. The molecule has 1 aliphatic heterocycles. The molecule has 0 bridgehead atoms. The molecule has 0 aromatic heterocycles. The Kier molecular flexibility index (Phi) is 5.41. The summed E-state index contributed by atoms with van der Waals surface area (Å²) in [5.41, 5.74) is 0. The maximum absolute atomic E-state index is 12.6. The van der Waals surface area contributed by atoms with Gasteiger partial charge < -0.3 is 19.5 Å². The second-order valence-electron chi connectivity index (χ2n) is 6.14. The lowest BCUT2D eigenvalue weighted by Crippen LogP contribution is -2.54. The van der Waals surface area contributed by atoms with Gasteiger partial charge in [-0.3, -0.25) is 4.79 Å². The first-order chi connectivity index (χ1) is 11.1. The molecule has 1 aliphatic carbocycles. The second kappa shape index (κ2) is 7.51. The highest BCUT2D eigenvalue weighted by atomic mass is 35.5. The number of hydrogen-bond acceptors (Lipinski definition) is 4. The third-order valence-corrected chi connectivity index (χ3v) is 4.91. The summed E-state index contributed by atoms with van der Waals surface area (Å²) in [5.74, 6) is 0.611. The van der Waals surface area contributed by atoms with Gasteiger partial charge in [-0.1, -0.05) is 24.1 Å². The average molecular weight is 340 g/mol. The molecule has 0 spiro atoms. The maximum atomic E-state index is 12.6. The molecule has 6 heteroatoms. The minimum absolute atomic E-state index is 0.0281. The molecule has 0 radical (unpaired) electrons. The van der Waals surface area contributed by atoms with E-state index in [1.54, 1.807) is 24.3 Å². The summed E-state index contributed by atoms with van der Waals surface area (Å²) in [6.45, 7) is 1.54. The summed E-state index contributed by atoms with van der Waals surface area (Å²) in [5, 5.41) is 10.7. The van der Waals surface area contributed by atoms with E-state index >= 15 is 0 Å². The van der Waals surface area contributed by atoms with Crippen LogP contribution in [0.4, 0.5) is 0 Å². The molecule has 126 valence electrons. The molecule has 23 heavy (non-hydrogen) atoms. The summed E-state index contributed by atoms with van der Waals surface area (Å²) < 4.78 is 11.1. The number of hydrogen-bond donors (Lipinski definition) is 1. The number of aliphatic hydroxyl groups is 1. The number of amides is 1. The largest absolute Gasteiger partial charge is 0.484 e. The van der Waals surface area contributed by atoms with E-state index < -0.39 is 0 Å². The molecule has 3 rings (SSSR count). The zero-order valence-corrected chi connectivity index (χ0v) is 13.7. The number of rotatable bonds is 4. The minimum Gasteiger partial charge on any atom is -0.484 e. The second-order valence-corrected chi connectivity index (χ2v) is 6.57. The lowest BCUT2D eigenvalue weighted by Gasteiger charge is -2.40. The van der Waals surface area contributed by atoms with Gasteiger partial charge in [0.25, 0.3) is 5.91 Å². The van der Waals surface area contributed by atoms with Gasteiger partial charge >= 0.3 is 0 Å². The summed E-state index contributed by atoms with van der Waals surface area (Å²) in [6, 6.07) is 6.95. The van der Waals surface area contributed by atoms with Crippen LogP contribution in [0.2, 0.25) is 5.02 Å². The molecule has 2 fully saturated rings. The Morgan fingerprint density at radius 2 is 2.30 bits per heavy atom. The third-order valence-electron chi connectivity index (χ3n) is 4.67. The third kappa shape index (κ3) is 3.97. The van der Waals surface area contributed by atoms with Gasteiger partial charge in [-0.25, -0.2) is 0 Å². The van der Waals surface area contributed by atoms with Crippen LogP contribution in [0.15, 0.2) is 24.3 Å². The SMILES string of the molecule is O=C(COc1cccc(Cl)c1)N1CCOCC1C1CCCC1O. The summed E-state index contributed by atoms with van der Waals surface area (Å²) in [4.78, 5) is 14.4. The molecule has 1 aromatic carbocycles. The molecule has 1 heterocycles. The first kappa shape index (κ1) is 16.6. The molecule has 1 saturated carbocycles. The molecular weight excluding hydrogens is 318 g/mol. The predicted octanol–water partition coefficient (Wildman–Crippen LogP) is 2.11. The molecule has 1 amide bonds. The van der Waals surface area contributed by atoms with Crippen molar-refractivity contribution in [3.8, 4) is 5.75 Å². The van der Waals surface area contributed by atoms with E-state index in [2.05, 4.69) is 0 Å². The van der Waals surface area contributed by atoms with Gasteiger partial charge in [0.15, 0.2) is 6.61 Å². The fourth-order valence-electron chi connectivity index (χ4n) is 3.49. The fourth-order valence-corrected chi connectivity index (χ4v) is 3.67. The molecule has 2 aliphatic rings. The first-order valence-electron chi connectivity index (χ1n) is 8.09. The van der Waals surface area contributed by atoms with Crippen LogP contribution in [0.3, 0.4) is 0 Å². The van der Waals surface area contributed by atoms with Crippen LogP contribution in [-0.4, -0.2) is 54.4 Å². The van der Waals surface area contributed by atoms with Gasteiger partial charge in [0.2, 0.25) is 0 Å². The lowest BCUT2D eigenvalue weighted by atomic mass is 9.94. The maximum Gasteiger partial charge on any atom is 0.260 e. The Morgan fingerprint density at radius 3 is 3.04 bits per heavy atom. The zero-order chi connectivity index (χ0) is 16.2. The normalized spacial score (nSPS) is 27.9. The number of morpholine rings is 1. The Morgan fingerprint density at radius 1 is 1.43 bits per heavy atom. The van der Waals surface area contributed by atoms with E-state index in [1.165, 1.54) is 0 Å². The Bertz CT molecular complexity index is 553. The number of carbonyl (C=O) groups excluding carboxylic acids is 1. The van der Waals surface area contributed by atoms with Crippen molar-refractivity contribution in [3.63, 3.8) is 0 Å². The minimum atomic E-state index is -0.342. The predicted molar refractivity (Wildman–Crippen MR) is 86.6 cm³/mol. The highest BCUT2D eigenvalue weighted by Crippen LogP contribution is 2.32. The van der Waals surface area contributed by atoms with Crippen molar-refractivity contribution in [2.75, 3.05) is 26.4 Å². The summed E-state index contributed by atoms with van der Waals surface area (Å²) in [7, 11) is 0. The van der Waals surface area contributed by atoms with E-state index in [1.807, 2.05) is 4.90 Å². The Balaban J connectivity index is 1.62. The first-order valence-corrected chi connectivity index (χ1v) is 8.46. The molecule has 1 saturated heterocycles. The molecule has 3 unspecified atom stereocenters. The van der Waals surface area contributed by atoms with Crippen molar-refractivity contribution in [1.29, 1.82) is 0 Å². The number of aliphatic hydroxyl groups excluding tert-OH is 1. The number of nitrogens with zero attached hydrogens (tertiary/aromatic N) is 1. The van der Waals surface area contributed by atoms with Crippen molar-refractivity contribution in [2.45, 2.75) is 31.4 Å². The molecule has 5 nitrogen and oxygen atoms in total. The quantitative estimate of drug-likeness (QED) is 0.912. The van der Waals surface area contributed by atoms with E-state index in [0.29, 0.717) is 30.5 Å². The van der Waals surface area contributed by atoms with Gasteiger partial charge in [0.05, 0.1) is 25.4 Å². The lowest BCUT2D eigenvalue weighted by molar-refractivity contribution is -0.146. The monoisotopic (exact) mass is 339 g/mol. The number of ether oxygens (including phenoxy) is 2. The van der Waals surface area contributed by atoms with Crippen molar-refractivity contribution in [1.82, 2.24) is 4.90 Å². The smallest absolute Gasteiger partial charge is 0.260 e. The summed E-state index contributed by atoms with van der Waals surface area (Å²) in [6.07, 6.45) is 2.41. The topological polar surface area (TPSA) is 59.0 Å². The average Bonchev–Trinajstić information content (AvgIpc) is 2.98. The van der Waals surface area contributed by atoms with Gasteiger partial charge in [0, 0.05) is 17.5 Å². The Labute approximate surface area is 141 Å². The fraction of sp³-hybridized carbons (Fsp3) is 0.588. The van der Waals surface area contributed by atoms with Crippen molar-refractivity contribution >= 4 is 17.5 Å². The number of benzene rings is 1. The van der Waals surface area contributed by atoms with Gasteiger partial charge in [-0.15, -0.1) is 0 Å². The standard InChI is InChI=1S/C17H22ClNO4/c18-12-3-1-4-13(9-12)23-11-17(21)19-7-8-22-10-15(19)14-5-2-6-16(14)20/h1,3-4,9,14-16,20H,2,5-8,10-11H2. The molecule has 1 aromatic rings. The van der Waals surface area contributed by atoms with Crippen LogP contribution < -0.4 is 4.74 Å². The van der Waals surface area contributed by atoms with Crippen LogP contribution in [-0.2, 0) is 9.53 Å². The van der Waals surface area contributed by atoms with E-state index in [-0.39, 0.29) is 30.6 Å². The Hall–Kier alpha value is -1.30. The molecular formula is C17H22ClNO4. The van der Waals surface area contributed by atoms with Crippen molar-refractivity contribution in [3.05, 3.63) is 29.3 Å². The molecule has 1 N–H and O–H groups in total. The van der Waals surface area contributed by atoms with Crippen molar-refractivity contribution in [2.24, 2.45) is 5.92 Å². The van der Waals surface area contributed by atoms with Crippen LogP contribution in [0.5, 0.6) is 5.75 Å².